The number of hydrogen-bond acceptors (Lipinski definition) is 4. The van der Waals surface area contributed by atoms with E-state index in [0.717, 1.165) is 23.4 Å². The number of benzene rings is 1. The number of hydrogen-bond donors (Lipinski definition) is 2. The Labute approximate surface area is 116 Å². The summed E-state index contributed by atoms with van der Waals surface area (Å²) in [4.78, 5) is 17.5. The van der Waals surface area contributed by atoms with Gasteiger partial charge in [0, 0.05) is 16.6 Å². The number of nitrogens with zero attached hydrogens (tertiary/aromatic N) is 1. The molecule has 0 bridgehead atoms. The molecule has 0 saturated carbocycles. The van der Waals surface area contributed by atoms with Crippen molar-refractivity contribution < 1.29 is 4.79 Å². The van der Waals surface area contributed by atoms with Gasteiger partial charge in [-0.05, 0) is 38.6 Å². The first-order valence-corrected chi connectivity index (χ1v) is 6.98. The quantitative estimate of drug-likeness (QED) is 0.881. The third-order valence-corrected chi connectivity index (χ3v) is 3.58. The molecule has 19 heavy (non-hydrogen) atoms. The zero-order valence-electron chi connectivity index (χ0n) is 11.1. The van der Waals surface area contributed by atoms with E-state index in [4.69, 9.17) is 0 Å². The van der Waals surface area contributed by atoms with Gasteiger partial charge in [-0.2, -0.15) is 0 Å². The highest BCUT2D eigenvalue weighted by atomic mass is 32.1. The molecule has 100 valence electrons. The van der Waals surface area contributed by atoms with Gasteiger partial charge in [-0.1, -0.05) is 18.2 Å². The summed E-state index contributed by atoms with van der Waals surface area (Å²) in [6.07, 6.45) is 2.59. The Hall–Kier alpha value is -1.72. The molecule has 0 saturated heterocycles. The van der Waals surface area contributed by atoms with E-state index < -0.39 is 0 Å². The molecule has 0 aliphatic heterocycles. The molecule has 1 amide bonds. The van der Waals surface area contributed by atoms with Gasteiger partial charge in [-0.15, -0.1) is 11.3 Å². The van der Waals surface area contributed by atoms with E-state index in [1.54, 1.807) is 6.20 Å². The van der Waals surface area contributed by atoms with Gasteiger partial charge in [0.1, 0.15) is 0 Å². The molecular formula is C14H17N3OS. The van der Waals surface area contributed by atoms with Crippen LogP contribution in [0.4, 0.5) is 5.13 Å². The molecule has 4 nitrogen and oxygen atoms in total. The van der Waals surface area contributed by atoms with Gasteiger partial charge in [0.15, 0.2) is 5.13 Å². The summed E-state index contributed by atoms with van der Waals surface area (Å²) >= 11 is 1.48. The van der Waals surface area contributed by atoms with Crippen molar-refractivity contribution in [3.63, 3.8) is 0 Å². The molecule has 0 radical (unpaired) electrons. The Bertz CT molecular complexity index is 565. The van der Waals surface area contributed by atoms with Crippen molar-refractivity contribution in [3.05, 3.63) is 46.5 Å². The number of aromatic nitrogens is 1. The lowest BCUT2D eigenvalue weighted by molar-refractivity contribution is 0.102. The molecular weight excluding hydrogens is 258 g/mol. The lowest BCUT2D eigenvalue weighted by Gasteiger charge is -2.08. The third kappa shape index (κ3) is 3.62. The monoisotopic (exact) mass is 275 g/mol. The van der Waals surface area contributed by atoms with Crippen LogP contribution in [0.15, 0.2) is 30.5 Å². The molecule has 1 heterocycles. The third-order valence-electron chi connectivity index (χ3n) is 2.75. The lowest BCUT2D eigenvalue weighted by Crippen LogP contribution is -2.17. The van der Waals surface area contributed by atoms with Crippen molar-refractivity contribution in [1.29, 1.82) is 0 Å². The maximum absolute atomic E-state index is 12.2. The summed E-state index contributed by atoms with van der Waals surface area (Å²) in [5.41, 5.74) is 1.76. The fraction of sp³-hybridized carbons (Fsp3) is 0.286. The summed E-state index contributed by atoms with van der Waals surface area (Å²) in [6, 6.07) is 7.67. The summed E-state index contributed by atoms with van der Waals surface area (Å²) in [5, 5.41) is 6.58. The Balaban J connectivity index is 2.14. The average Bonchev–Trinajstić information content (AvgIpc) is 2.82. The maximum atomic E-state index is 12.2. The van der Waals surface area contributed by atoms with Gasteiger partial charge in [0.05, 0.1) is 0 Å². The van der Waals surface area contributed by atoms with E-state index in [1.165, 1.54) is 11.3 Å². The second-order valence-corrected chi connectivity index (χ2v) is 5.48. The Morgan fingerprint density at radius 2 is 2.16 bits per heavy atom. The second kappa shape index (κ2) is 6.45. The predicted molar refractivity (Wildman–Crippen MR) is 78.9 cm³/mol. The van der Waals surface area contributed by atoms with E-state index >= 15 is 0 Å². The maximum Gasteiger partial charge on any atom is 0.257 e. The van der Waals surface area contributed by atoms with E-state index in [1.807, 2.05) is 38.2 Å². The highest BCUT2D eigenvalue weighted by molar-refractivity contribution is 7.15. The number of rotatable bonds is 5. The van der Waals surface area contributed by atoms with Crippen molar-refractivity contribution in [2.45, 2.75) is 13.3 Å². The highest BCUT2D eigenvalue weighted by Gasteiger charge is 2.12. The van der Waals surface area contributed by atoms with Crippen LogP contribution in [0, 0.1) is 6.92 Å². The fourth-order valence-electron chi connectivity index (χ4n) is 1.80. The zero-order chi connectivity index (χ0) is 13.7. The topological polar surface area (TPSA) is 54.0 Å². The summed E-state index contributed by atoms with van der Waals surface area (Å²) < 4.78 is 0. The zero-order valence-corrected chi connectivity index (χ0v) is 11.9. The van der Waals surface area contributed by atoms with Crippen molar-refractivity contribution in [2.75, 3.05) is 18.9 Å². The molecule has 5 heteroatoms. The molecule has 0 aliphatic rings. The van der Waals surface area contributed by atoms with Crippen molar-refractivity contribution in [1.82, 2.24) is 10.3 Å². The van der Waals surface area contributed by atoms with Crippen LogP contribution in [-0.4, -0.2) is 24.5 Å². The smallest absolute Gasteiger partial charge is 0.257 e. The molecule has 1 aromatic heterocycles. The number of amides is 1. The van der Waals surface area contributed by atoms with Crippen LogP contribution in [0.3, 0.4) is 0 Å². The van der Waals surface area contributed by atoms with Crippen LogP contribution in [0.1, 0.15) is 20.8 Å². The highest BCUT2D eigenvalue weighted by Crippen LogP contribution is 2.18. The minimum atomic E-state index is -0.0962. The standard InChI is InChI=1S/C14H17N3OS/c1-10-9-16-14(19-10)17-13(18)12-6-4-3-5-11(12)7-8-15-2/h3-6,9,15H,7-8H2,1-2H3,(H,16,17,18). The van der Waals surface area contributed by atoms with Crippen LogP contribution in [0.25, 0.3) is 0 Å². The van der Waals surface area contributed by atoms with Crippen molar-refractivity contribution in [3.8, 4) is 0 Å². The number of nitrogens with one attached hydrogen (secondary N) is 2. The van der Waals surface area contributed by atoms with Crippen LogP contribution in [-0.2, 0) is 6.42 Å². The molecule has 0 fully saturated rings. The van der Waals surface area contributed by atoms with Gasteiger partial charge in [0.25, 0.3) is 5.91 Å². The molecule has 0 unspecified atom stereocenters. The lowest BCUT2D eigenvalue weighted by atomic mass is 10.0. The number of likely N-dealkylation sites (N-methyl/N-ethyl adjacent to an activating group) is 1. The summed E-state index contributed by atoms with van der Waals surface area (Å²) in [5.74, 6) is -0.0962. The normalized spacial score (nSPS) is 10.4. The molecule has 0 atom stereocenters. The van der Waals surface area contributed by atoms with E-state index in [-0.39, 0.29) is 5.91 Å². The molecule has 2 rings (SSSR count). The SMILES string of the molecule is CNCCc1ccccc1C(=O)Nc1ncc(C)s1. The second-order valence-electron chi connectivity index (χ2n) is 4.24. The number of carbonyl (C=O) groups is 1. The first-order chi connectivity index (χ1) is 9.20. The van der Waals surface area contributed by atoms with Crippen molar-refractivity contribution in [2.24, 2.45) is 0 Å². The predicted octanol–water partition coefficient (Wildman–Crippen LogP) is 2.47. The molecule has 0 aliphatic carbocycles. The minimum Gasteiger partial charge on any atom is -0.319 e. The van der Waals surface area contributed by atoms with Crippen LogP contribution in [0.5, 0.6) is 0 Å². The first kappa shape index (κ1) is 13.7. The molecule has 0 spiro atoms. The number of carbonyl (C=O) groups excluding carboxylic acids is 1. The van der Waals surface area contributed by atoms with Crippen molar-refractivity contribution >= 4 is 22.4 Å². The van der Waals surface area contributed by atoms with Gasteiger partial charge in [-0.3, -0.25) is 10.1 Å². The molecule has 2 aromatic rings. The van der Waals surface area contributed by atoms with Gasteiger partial charge < -0.3 is 5.32 Å². The Morgan fingerprint density at radius 1 is 1.37 bits per heavy atom. The van der Waals surface area contributed by atoms with Gasteiger partial charge in [-0.25, -0.2) is 4.98 Å². The van der Waals surface area contributed by atoms with Crippen LogP contribution < -0.4 is 10.6 Å². The van der Waals surface area contributed by atoms with Crippen LogP contribution >= 0.6 is 11.3 Å². The average molecular weight is 275 g/mol. The summed E-state index contributed by atoms with van der Waals surface area (Å²) in [7, 11) is 1.90. The van der Waals surface area contributed by atoms with E-state index in [2.05, 4.69) is 15.6 Å². The first-order valence-electron chi connectivity index (χ1n) is 6.17. The van der Waals surface area contributed by atoms with E-state index in [0.29, 0.717) is 10.7 Å². The minimum absolute atomic E-state index is 0.0962. The van der Waals surface area contributed by atoms with E-state index in [9.17, 15) is 4.79 Å². The number of aryl methyl sites for hydroxylation is 1. The Kier molecular flexibility index (Phi) is 4.65. The van der Waals surface area contributed by atoms with Crippen LogP contribution in [0.2, 0.25) is 0 Å². The fourth-order valence-corrected chi connectivity index (χ4v) is 2.46. The summed E-state index contributed by atoms with van der Waals surface area (Å²) in [6.45, 7) is 2.81. The number of thiazole rings is 1. The number of anilines is 1. The Morgan fingerprint density at radius 3 is 2.84 bits per heavy atom. The van der Waals surface area contributed by atoms with Gasteiger partial charge >= 0.3 is 0 Å². The molecule has 2 N–H and O–H groups in total. The van der Waals surface area contributed by atoms with Gasteiger partial charge in [0.2, 0.25) is 0 Å². The molecule has 1 aromatic carbocycles. The largest absolute Gasteiger partial charge is 0.319 e.